The highest BCUT2D eigenvalue weighted by molar-refractivity contribution is 6.31. The van der Waals surface area contributed by atoms with Gasteiger partial charge in [0, 0.05) is 10.7 Å². The summed E-state index contributed by atoms with van der Waals surface area (Å²) in [7, 11) is 0. The number of nitrogens with one attached hydrogen (secondary N) is 1. The van der Waals surface area contributed by atoms with Crippen LogP contribution in [0.3, 0.4) is 0 Å². The van der Waals surface area contributed by atoms with Gasteiger partial charge in [-0.2, -0.15) is 5.26 Å². The van der Waals surface area contributed by atoms with Gasteiger partial charge in [0.2, 0.25) is 0 Å². The molecule has 0 saturated carbocycles. The Morgan fingerprint density at radius 2 is 1.78 bits per heavy atom. The first-order valence-electron chi connectivity index (χ1n) is 8.25. The SMILES string of the molecule is Cc1c(Cl)cccc1NC(=O)[C@H](C)OC(=O)[C@@H](C)Oc1ccc(C#N)cc1. The molecule has 7 heteroatoms. The lowest BCUT2D eigenvalue weighted by atomic mass is 10.2. The van der Waals surface area contributed by atoms with Crippen LogP contribution in [0.15, 0.2) is 42.5 Å². The molecule has 0 radical (unpaired) electrons. The number of hydrogen-bond acceptors (Lipinski definition) is 5. The van der Waals surface area contributed by atoms with Crippen LogP contribution in [0.25, 0.3) is 0 Å². The molecule has 0 spiro atoms. The van der Waals surface area contributed by atoms with E-state index in [9.17, 15) is 9.59 Å². The molecule has 2 atom stereocenters. The summed E-state index contributed by atoms with van der Waals surface area (Å²) in [5, 5.41) is 12.0. The summed E-state index contributed by atoms with van der Waals surface area (Å²) in [5.41, 5.74) is 1.76. The number of nitrogens with zero attached hydrogens (tertiary/aromatic N) is 1. The van der Waals surface area contributed by atoms with Crippen molar-refractivity contribution in [2.45, 2.75) is 33.0 Å². The summed E-state index contributed by atoms with van der Waals surface area (Å²) >= 11 is 6.03. The maximum absolute atomic E-state index is 12.3. The molecule has 1 amide bonds. The van der Waals surface area contributed by atoms with Crippen LogP contribution in [0.2, 0.25) is 5.02 Å². The van der Waals surface area contributed by atoms with Gasteiger partial charge in [-0.15, -0.1) is 0 Å². The first-order chi connectivity index (χ1) is 12.8. The summed E-state index contributed by atoms with van der Waals surface area (Å²) in [4.78, 5) is 24.4. The van der Waals surface area contributed by atoms with Crippen molar-refractivity contribution in [2.24, 2.45) is 0 Å². The minimum Gasteiger partial charge on any atom is -0.479 e. The van der Waals surface area contributed by atoms with Gasteiger partial charge in [-0.05, 0) is 62.7 Å². The Morgan fingerprint density at radius 3 is 2.41 bits per heavy atom. The molecule has 0 aliphatic heterocycles. The van der Waals surface area contributed by atoms with E-state index in [1.54, 1.807) is 49.4 Å². The monoisotopic (exact) mass is 386 g/mol. The Morgan fingerprint density at radius 1 is 1.11 bits per heavy atom. The van der Waals surface area contributed by atoms with Crippen LogP contribution >= 0.6 is 11.6 Å². The number of amides is 1. The highest BCUT2D eigenvalue weighted by Crippen LogP contribution is 2.23. The first kappa shape index (κ1) is 20.3. The number of esters is 1. The zero-order valence-corrected chi connectivity index (χ0v) is 15.9. The van der Waals surface area contributed by atoms with E-state index in [2.05, 4.69) is 5.32 Å². The highest BCUT2D eigenvalue weighted by Gasteiger charge is 2.23. The number of benzene rings is 2. The second kappa shape index (κ2) is 9.06. The van der Waals surface area contributed by atoms with Gasteiger partial charge in [-0.25, -0.2) is 4.79 Å². The second-order valence-corrected chi connectivity index (χ2v) is 6.28. The van der Waals surface area contributed by atoms with Crippen LogP contribution in [0.4, 0.5) is 5.69 Å². The predicted octanol–water partition coefficient (Wildman–Crippen LogP) is 3.86. The van der Waals surface area contributed by atoms with Crippen LogP contribution in [0.5, 0.6) is 5.75 Å². The number of nitriles is 1. The van der Waals surface area contributed by atoms with Gasteiger partial charge in [-0.1, -0.05) is 17.7 Å². The van der Waals surface area contributed by atoms with Gasteiger partial charge in [-0.3, -0.25) is 4.79 Å². The standard InChI is InChI=1S/C20H19ClN2O4/c1-12-17(21)5-4-6-18(12)23-19(24)13(2)27-20(25)14(3)26-16-9-7-15(11-22)8-10-16/h4-10,13-14H,1-3H3,(H,23,24)/t13-,14+/m0/s1. The highest BCUT2D eigenvalue weighted by atomic mass is 35.5. The fourth-order valence-corrected chi connectivity index (χ4v) is 2.34. The van der Waals surface area contributed by atoms with Crippen molar-refractivity contribution in [3.8, 4) is 11.8 Å². The van der Waals surface area contributed by atoms with E-state index >= 15 is 0 Å². The van der Waals surface area contributed by atoms with Gasteiger partial charge >= 0.3 is 5.97 Å². The van der Waals surface area contributed by atoms with E-state index in [0.29, 0.717) is 22.0 Å². The molecule has 0 saturated heterocycles. The maximum atomic E-state index is 12.3. The fraction of sp³-hybridized carbons (Fsp3) is 0.250. The van der Waals surface area contributed by atoms with Gasteiger partial charge in [0.15, 0.2) is 12.2 Å². The fourth-order valence-electron chi connectivity index (χ4n) is 2.16. The molecular weight excluding hydrogens is 368 g/mol. The van der Waals surface area contributed by atoms with Crippen molar-refractivity contribution in [1.29, 1.82) is 5.26 Å². The molecule has 0 aromatic heterocycles. The Labute approximate surface area is 162 Å². The summed E-state index contributed by atoms with van der Waals surface area (Å²) in [6.07, 6.45) is -1.93. The molecule has 2 rings (SSSR count). The molecule has 0 fully saturated rings. The van der Waals surface area contributed by atoms with E-state index in [1.807, 2.05) is 6.07 Å². The Hall–Kier alpha value is -3.04. The molecule has 0 aliphatic carbocycles. The maximum Gasteiger partial charge on any atom is 0.347 e. The zero-order chi connectivity index (χ0) is 20.0. The van der Waals surface area contributed by atoms with Crippen LogP contribution in [-0.2, 0) is 14.3 Å². The van der Waals surface area contributed by atoms with Crippen LogP contribution < -0.4 is 10.1 Å². The first-order valence-corrected chi connectivity index (χ1v) is 8.63. The van der Waals surface area contributed by atoms with Gasteiger partial charge < -0.3 is 14.8 Å². The minimum atomic E-state index is -1.01. The number of carbonyl (C=O) groups excluding carboxylic acids is 2. The van der Waals surface area contributed by atoms with Crippen molar-refractivity contribution in [3.05, 3.63) is 58.6 Å². The molecule has 2 aromatic rings. The smallest absolute Gasteiger partial charge is 0.347 e. The molecule has 27 heavy (non-hydrogen) atoms. The lowest BCUT2D eigenvalue weighted by Gasteiger charge is -2.18. The van der Waals surface area contributed by atoms with Crippen LogP contribution in [-0.4, -0.2) is 24.1 Å². The topological polar surface area (TPSA) is 88.4 Å². The molecule has 1 N–H and O–H groups in total. The molecule has 0 bridgehead atoms. The summed E-state index contributed by atoms with van der Waals surface area (Å²) < 4.78 is 10.6. The second-order valence-electron chi connectivity index (χ2n) is 5.88. The molecule has 140 valence electrons. The Balaban J connectivity index is 1.92. The minimum absolute atomic E-state index is 0.421. The molecule has 0 unspecified atom stereocenters. The number of ether oxygens (including phenoxy) is 2. The van der Waals surface area contributed by atoms with Crippen molar-refractivity contribution >= 4 is 29.2 Å². The average molecular weight is 387 g/mol. The Bertz CT molecular complexity index is 875. The molecular formula is C20H19ClN2O4. The number of halogens is 1. The zero-order valence-electron chi connectivity index (χ0n) is 15.2. The van der Waals surface area contributed by atoms with E-state index in [1.165, 1.54) is 13.8 Å². The quantitative estimate of drug-likeness (QED) is 0.761. The molecule has 0 heterocycles. The summed E-state index contributed by atoms with van der Waals surface area (Å²) in [6.45, 7) is 4.77. The predicted molar refractivity (Wildman–Crippen MR) is 102 cm³/mol. The van der Waals surface area contributed by atoms with E-state index in [4.69, 9.17) is 26.3 Å². The van der Waals surface area contributed by atoms with Crippen LogP contribution in [0.1, 0.15) is 25.0 Å². The van der Waals surface area contributed by atoms with Gasteiger partial charge in [0.25, 0.3) is 5.91 Å². The number of hydrogen-bond donors (Lipinski definition) is 1. The van der Waals surface area contributed by atoms with Crippen molar-refractivity contribution in [2.75, 3.05) is 5.32 Å². The van der Waals surface area contributed by atoms with Crippen molar-refractivity contribution < 1.29 is 19.1 Å². The van der Waals surface area contributed by atoms with Gasteiger partial charge in [0.1, 0.15) is 5.75 Å². The van der Waals surface area contributed by atoms with E-state index < -0.39 is 24.1 Å². The number of carbonyl (C=O) groups is 2. The Kier molecular flexibility index (Phi) is 6.80. The number of rotatable bonds is 6. The largest absolute Gasteiger partial charge is 0.479 e. The summed E-state index contributed by atoms with van der Waals surface area (Å²) in [6, 6.07) is 13.5. The molecule has 2 aromatic carbocycles. The van der Waals surface area contributed by atoms with E-state index in [-0.39, 0.29) is 0 Å². The number of anilines is 1. The van der Waals surface area contributed by atoms with Crippen LogP contribution in [0, 0.1) is 18.3 Å². The normalized spacial score (nSPS) is 12.4. The van der Waals surface area contributed by atoms with Gasteiger partial charge in [0.05, 0.1) is 11.6 Å². The van der Waals surface area contributed by atoms with Crippen molar-refractivity contribution in [3.63, 3.8) is 0 Å². The molecule has 6 nitrogen and oxygen atoms in total. The van der Waals surface area contributed by atoms with Crippen molar-refractivity contribution in [1.82, 2.24) is 0 Å². The third-order valence-corrected chi connectivity index (χ3v) is 4.23. The molecule has 0 aliphatic rings. The van der Waals surface area contributed by atoms with E-state index in [0.717, 1.165) is 5.56 Å². The average Bonchev–Trinajstić information content (AvgIpc) is 2.65. The third-order valence-electron chi connectivity index (χ3n) is 3.82. The summed E-state index contributed by atoms with van der Waals surface area (Å²) in [5.74, 6) is -0.728. The lowest BCUT2D eigenvalue weighted by molar-refractivity contribution is -0.159. The third kappa shape index (κ3) is 5.47. The lowest BCUT2D eigenvalue weighted by Crippen LogP contribution is -2.35.